The van der Waals surface area contributed by atoms with Crippen molar-refractivity contribution in [1.82, 2.24) is 14.8 Å². The Morgan fingerprint density at radius 3 is 2.40 bits per heavy atom. The monoisotopic (exact) mass is 828 g/mol. The van der Waals surface area contributed by atoms with Crippen molar-refractivity contribution < 1.29 is 43.2 Å². The molecule has 2 bridgehead atoms. The van der Waals surface area contributed by atoms with Crippen molar-refractivity contribution in [3.63, 3.8) is 0 Å². The van der Waals surface area contributed by atoms with Gasteiger partial charge in [0.05, 0.1) is 36.1 Å². The number of pyridine rings is 1. The molecule has 4 aliphatic heterocycles. The Morgan fingerprint density at radius 1 is 1.00 bits per heavy atom. The number of Topliss-reactive ketones (excluding diaryl/α,β-unsaturated/α-hetero) is 1. The molecule has 6 rings (SSSR count). The van der Waals surface area contributed by atoms with Crippen LogP contribution in [0.2, 0.25) is 0 Å². The molecule has 3 saturated heterocycles. The third kappa shape index (κ3) is 9.33. The number of cyclic esters (lactones) is 1. The zero-order valence-corrected chi connectivity index (χ0v) is 36.9. The van der Waals surface area contributed by atoms with E-state index in [9.17, 15) is 19.5 Å². The van der Waals surface area contributed by atoms with Gasteiger partial charge in [0.15, 0.2) is 17.7 Å². The lowest BCUT2D eigenvalue weighted by molar-refractivity contribution is -0.296. The molecule has 3 fully saturated rings. The molecule has 1 aromatic carbocycles. The second-order valence-corrected chi connectivity index (χ2v) is 17.8. The second-order valence-electron chi connectivity index (χ2n) is 17.8. The molecule has 0 radical (unpaired) electrons. The first-order valence-electron chi connectivity index (χ1n) is 21.5. The van der Waals surface area contributed by atoms with Gasteiger partial charge in [-0.1, -0.05) is 69.9 Å². The van der Waals surface area contributed by atoms with Gasteiger partial charge in [0.2, 0.25) is 0 Å². The normalized spacial score (nSPS) is 36.3. The number of carbonyl (C=O) groups is 3. The van der Waals surface area contributed by atoms with E-state index in [1.165, 1.54) is 6.92 Å². The molecule has 1 N–H and O–H groups in total. The fraction of sp³-hybridized carbons (Fsp3) is 0.638. The third-order valence-electron chi connectivity index (χ3n) is 13.2. The molecule has 4 aliphatic rings. The number of benzene rings is 1. The van der Waals surface area contributed by atoms with Gasteiger partial charge in [-0.25, -0.2) is 4.79 Å². The average molecular weight is 829 g/mol. The summed E-state index contributed by atoms with van der Waals surface area (Å²) in [6, 6.07) is 13.2. The number of aliphatic hydroxyl groups is 1. The molecule has 0 saturated carbocycles. The Balaban J connectivity index is 1.37. The van der Waals surface area contributed by atoms with Crippen LogP contribution in [0.3, 0.4) is 0 Å². The number of aliphatic imine (C=N–C) groups is 1. The summed E-state index contributed by atoms with van der Waals surface area (Å²) in [7, 11) is 3.80. The zero-order chi connectivity index (χ0) is 43.5. The summed E-state index contributed by atoms with van der Waals surface area (Å²) in [5.74, 6) is 2.67. The minimum absolute atomic E-state index is 0.00936. The predicted molar refractivity (Wildman–Crippen MR) is 227 cm³/mol. The van der Waals surface area contributed by atoms with E-state index >= 15 is 0 Å². The highest BCUT2D eigenvalue weighted by atomic mass is 16.7. The van der Waals surface area contributed by atoms with Gasteiger partial charge in [-0.3, -0.25) is 24.5 Å². The van der Waals surface area contributed by atoms with Crippen LogP contribution in [0.1, 0.15) is 80.2 Å². The SMILES string of the molecule is CC[C@H]1OC(=O)[C@H](C)C(=O)[C@H](C)[C@@H](O[C@@H]2O[C@H](C)C[C@H](N(C)C)[C@H]2O)[C@](C)(OCC#CCc2ccc(-c3ccccn3)cc2)C[C@@H](C)C2=NCCN3C(=O)O[C@@]1(C)[C@H]3[C@H]2C. The van der Waals surface area contributed by atoms with Gasteiger partial charge in [0.25, 0.3) is 0 Å². The molecule has 1 aromatic heterocycles. The Labute approximate surface area is 355 Å². The van der Waals surface area contributed by atoms with Crippen LogP contribution in [0.5, 0.6) is 0 Å². The van der Waals surface area contributed by atoms with Crippen LogP contribution in [-0.4, -0.2) is 131 Å². The van der Waals surface area contributed by atoms with Gasteiger partial charge in [-0.15, -0.1) is 0 Å². The fourth-order valence-corrected chi connectivity index (χ4v) is 9.99. The molecule has 0 unspecified atom stereocenters. The van der Waals surface area contributed by atoms with Crippen molar-refractivity contribution in [1.29, 1.82) is 0 Å². The molecule has 2 aromatic rings. The predicted octanol–water partition coefficient (Wildman–Crippen LogP) is 5.75. The first-order chi connectivity index (χ1) is 28.5. The summed E-state index contributed by atoms with van der Waals surface area (Å²) in [4.78, 5) is 55.3. The molecule has 0 aliphatic carbocycles. The molecule has 5 heterocycles. The van der Waals surface area contributed by atoms with Gasteiger partial charge >= 0.3 is 12.1 Å². The van der Waals surface area contributed by atoms with Crippen LogP contribution in [0, 0.1) is 35.5 Å². The largest absolute Gasteiger partial charge is 0.458 e. The first kappa shape index (κ1) is 45.3. The van der Waals surface area contributed by atoms with Crippen LogP contribution in [0.25, 0.3) is 11.3 Å². The number of hydrogen-bond acceptors (Lipinski definition) is 12. The fourth-order valence-electron chi connectivity index (χ4n) is 9.99. The number of aromatic nitrogens is 1. The number of likely N-dealkylation sites (N-methyl/N-ethyl adjacent to an activating group) is 1. The lowest BCUT2D eigenvalue weighted by Gasteiger charge is -2.47. The van der Waals surface area contributed by atoms with Crippen LogP contribution < -0.4 is 0 Å². The molecule has 60 heavy (non-hydrogen) atoms. The summed E-state index contributed by atoms with van der Waals surface area (Å²) < 4.78 is 32.3. The number of fused-ring (bicyclic) bond motifs is 1. The number of rotatable bonds is 8. The number of esters is 1. The number of aliphatic hydroxyl groups excluding tert-OH is 1. The Bertz CT molecular complexity index is 1930. The van der Waals surface area contributed by atoms with Crippen molar-refractivity contribution >= 4 is 23.6 Å². The molecule has 13 atom stereocenters. The van der Waals surface area contributed by atoms with Gasteiger partial charge in [0.1, 0.15) is 24.7 Å². The van der Waals surface area contributed by atoms with Crippen LogP contribution in [0.15, 0.2) is 53.7 Å². The number of hydrogen-bond donors (Lipinski definition) is 1. The topological polar surface area (TPSA) is 149 Å². The van der Waals surface area contributed by atoms with Gasteiger partial charge in [-0.05, 0) is 84.7 Å². The number of amides is 1. The van der Waals surface area contributed by atoms with Gasteiger partial charge in [-0.2, -0.15) is 0 Å². The van der Waals surface area contributed by atoms with Crippen LogP contribution >= 0.6 is 0 Å². The first-order valence-corrected chi connectivity index (χ1v) is 21.5. The maximum absolute atomic E-state index is 14.6. The highest BCUT2D eigenvalue weighted by Gasteiger charge is 2.60. The molecular weight excluding hydrogens is 765 g/mol. The maximum atomic E-state index is 14.6. The summed E-state index contributed by atoms with van der Waals surface area (Å²) >= 11 is 0. The van der Waals surface area contributed by atoms with Crippen molar-refractivity contribution in [2.75, 3.05) is 33.8 Å². The highest BCUT2D eigenvalue weighted by Crippen LogP contribution is 2.44. The second kappa shape index (κ2) is 18.8. The molecular formula is C47H64N4O9. The number of carbonyl (C=O) groups excluding carboxylic acids is 3. The smallest absolute Gasteiger partial charge is 0.410 e. The molecule has 0 spiro atoms. The minimum Gasteiger partial charge on any atom is -0.458 e. The van der Waals surface area contributed by atoms with E-state index in [1.54, 1.807) is 18.0 Å². The van der Waals surface area contributed by atoms with E-state index < -0.39 is 71.5 Å². The summed E-state index contributed by atoms with van der Waals surface area (Å²) in [5.41, 5.74) is 1.39. The number of ether oxygens (including phenoxy) is 5. The van der Waals surface area contributed by atoms with Crippen LogP contribution in [-0.2, 0) is 39.7 Å². The summed E-state index contributed by atoms with van der Waals surface area (Å²) in [6.45, 7) is 15.7. The quantitative estimate of drug-likeness (QED) is 0.197. The third-order valence-corrected chi connectivity index (χ3v) is 13.2. The van der Waals surface area contributed by atoms with E-state index in [0.717, 1.165) is 22.5 Å². The van der Waals surface area contributed by atoms with Crippen LogP contribution in [0.4, 0.5) is 4.79 Å². The molecule has 13 nitrogen and oxygen atoms in total. The van der Waals surface area contributed by atoms with E-state index in [2.05, 4.69) is 23.7 Å². The number of nitrogens with zero attached hydrogens (tertiary/aromatic N) is 4. The molecule has 326 valence electrons. The standard InChI is InChI=1S/C47H64N4O9/c1-11-37-47(8)41-30(4)38(49-23-24-51(41)45(55)60-47)28(2)27-46(7,56-25-15-13-16-33-18-20-34(21-19-33)35-17-12-14-22-48-35)42(31(5)39(52)32(6)43(54)58-37)59-44-40(53)36(50(9)10)26-29(3)57-44/h12,14,17-22,28-32,36-37,40-42,44,53H,11,16,23-27H2,1-10H3/t28-,29-,30+,31+,32-,36+,37-,40-,41-,42-,44+,46-,47-/m1/s1. The van der Waals surface area contributed by atoms with Crippen molar-refractivity contribution in [3.05, 3.63) is 54.2 Å². The summed E-state index contributed by atoms with van der Waals surface area (Å²) in [5, 5.41) is 11.7. The van der Waals surface area contributed by atoms with Crippen molar-refractivity contribution in [2.45, 2.75) is 135 Å². The van der Waals surface area contributed by atoms with E-state index in [-0.39, 0.29) is 30.6 Å². The van der Waals surface area contributed by atoms with Gasteiger partial charge < -0.3 is 33.7 Å². The molecule has 13 heteroatoms. The van der Waals surface area contributed by atoms with E-state index in [0.29, 0.717) is 38.8 Å². The van der Waals surface area contributed by atoms with E-state index in [1.807, 2.05) is 96.1 Å². The highest BCUT2D eigenvalue weighted by molar-refractivity contribution is 6.00. The number of ketones is 1. The average Bonchev–Trinajstić information content (AvgIpc) is 3.35. The summed E-state index contributed by atoms with van der Waals surface area (Å²) in [6.07, 6.45) is -1.16. The lowest BCUT2D eigenvalue weighted by Crippen LogP contribution is -2.60. The zero-order valence-electron chi connectivity index (χ0n) is 36.9. The Kier molecular flexibility index (Phi) is 14.2. The Hall–Kier alpha value is -4.19. The van der Waals surface area contributed by atoms with Crippen molar-refractivity contribution in [2.24, 2.45) is 28.7 Å². The van der Waals surface area contributed by atoms with Crippen molar-refractivity contribution in [3.8, 4) is 23.1 Å². The van der Waals surface area contributed by atoms with Gasteiger partial charge in [0, 0.05) is 48.3 Å². The van der Waals surface area contributed by atoms with E-state index in [4.69, 9.17) is 28.7 Å². The lowest BCUT2D eigenvalue weighted by atomic mass is 9.73. The molecule has 1 amide bonds. The Morgan fingerprint density at radius 2 is 1.73 bits per heavy atom. The maximum Gasteiger partial charge on any atom is 0.410 e. The minimum atomic E-state index is -1.23.